The molecule has 2 heterocycles. The van der Waals surface area contributed by atoms with Crippen LogP contribution in [0.1, 0.15) is 30.4 Å². The lowest BCUT2D eigenvalue weighted by Gasteiger charge is -2.34. The lowest BCUT2D eigenvalue weighted by atomic mass is 10.2. The number of unbranched alkanes of at least 4 members (excludes halogenated alkanes) is 1. The molecule has 3 aromatic carbocycles. The third kappa shape index (κ3) is 6.71. The Hall–Kier alpha value is -3.42. The molecule has 196 valence electrons. The van der Waals surface area contributed by atoms with Crippen LogP contribution < -0.4 is 0 Å². The van der Waals surface area contributed by atoms with Crippen LogP contribution in [-0.2, 0) is 11.3 Å². The summed E-state index contributed by atoms with van der Waals surface area (Å²) in [6, 6.07) is 29.2. The number of hydrogen-bond acceptors (Lipinski definition) is 5. The van der Waals surface area contributed by atoms with Crippen LogP contribution in [0.4, 0.5) is 0 Å². The van der Waals surface area contributed by atoms with Gasteiger partial charge < -0.3 is 4.90 Å². The van der Waals surface area contributed by atoms with Gasteiger partial charge in [0.1, 0.15) is 0 Å². The van der Waals surface area contributed by atoms with Crippen molar-refractivity contribution >= 4 is 17.7 Å². The highest BCUT2D eigenvalue weighted by Gasteiger charge is 2.21. The van der Waals surface area contributed by atoms with E-state index in [1.807, 2.05) is 23.1 Å². The van der Waals surface area contributed by atoms with E-state index < -0.39 is 0 Å². The van der Waals surface area contributed by atoms with E-state index in [1.165, 1.54) is 11.1 Å². The lowest BCUT2D eigenvalue weighted by Crippen LogP contribution is -2.48. The maximum atomic E-state index is 12.8. The van der Waals surface area contributed by atoms with Crippen molar-refractivity contribution in [3.63, 3.8) is 0 Å². The van der Waals surface area contributed by atoms with E-state index in [9.17, 15) is 4.79 Å². The van der Waals surface area contributed by atoms with Gasteiger partial charge >= 0.3 is 0 Å². The van der Waals surface area contributed by atoms with Crippen molar-refractivity contribution in [1.82, 2.24) is 24.6 Å². The Balaban J connectivity index is 1.10. The fourth-order valence-corrected chi connectivity index (χ4v) is 5.71. The molecule has 6 nitrogen and oxygen atoms in total. The van der Waals surface area contributed by atoms with Crippen LogP contribution in [-0.4, -0.2) is 62.4 Å². The molecule has 7 heteroatoms. The first-order chi connectivity index (χ1) is 18.7. The van der Waals surface area contributed by atoms with Crippen molar-refractivity contribution in [2.24, 2.45) is 0 Å². The van der Waals surface area contributed by atoms with Gasteiger partial charge in [-0.2, -0.15) is 0 Å². The molecular weight excluding hydrogens is 490 g/mol. The first kappa shape index (κ1) is 26.2. The summed E-state index contributed by atoms with van der Waals surface area (Å²) in [4.78, 5) is 17.3. The molecule has 1 aromatic heterocycles. The molecule has 1 fully saturated rings. The molecule has 0 spiro atoms. The van der Waals surface area contributed by atoms with Gasteiger partial charge in [-0.15, -0.1) is 10.2 Å². The molecule has 1 aliphatic rings. The number of aromatic nitrogens is 3. The zero-order chi connectivity index (χ0) is 26.2. The Kier molecular flexibility index (Phi) is 8.89. The van der Waals surface area contributed by atoms with Crippen molar-refractivity contribution in [2.45, 2.75) is 37.9 Å². The summed E-state index contributed by atoms with van der Waals surface area (Å²) >= 11 is 1.71. The van der Waals surface area contributed by atoms with E-state index >= 15 is 0 Å². The Morgan fingerprint density at radius 1 is 0.816 bits per heavy atom. The van der Waals surface area contributed by atoms with Crippen molar-refractivity contribution in [3.05, 3.63) is 96.1 Å². The smallest absolute Gasteiger partial charge is 0.222 e. The maximum absolute atomic E-state index is 12.8. The van der Waals surface area contributed by atoms with Gasteiger partial charge in [-0.25, -0.2) is 0 Å². The third-order valence-corrected chi connectivity index (χ3v) is 7.96. The summed E-state index contributed by atoms with van der Waals surface area (Å²) in [5.41, 5.74) is 4.66. The molecule has 0 bridgehead atoms. The van der Waals surface area contributed by atoms with Crippen molar-refractivity contribution in [2.75, 3.05) is 31.9 Å². The molecule has 4 aromatic rings. The SMILES string of the molecule is Cc1ccc(-n2c(SCCCCC(=O)N3CCN(Cc4ccccc4)CC3)nnc2-c2ccccc2)cc1. The predicted octanol–water partition coefficient (Wildman–Crippen LogP) is 5.85. The van der Waals surface area contributed by atoms with Crippen LogP contribution >= 0.6 is 11.8 Å². The number of amides is 1. The van der Waals surface area contributed by atoms with Crippen LogP contribution in [0.25, 0.3) is 17.1 Å². The van der Waals surface area contributed by atoms with E-state index in [1.54, 1.807) is 11.8 Å². The van der Waals surface area contributed by atoms with Gasteiger partial charge in [-0.1, -0.05) is 90.1 Å². The standard InChI is InChI=1S/C31H35N5OS/c1-25-15-17-28(18-16-25)36-30(27-12-6-3-7-13-27)32-33-31(36)38-23-9-8-14-29(37)35-21-19-34(20-22-35)24-26-10-4-2-5-11-26/h2-7,10-13,15-18H,8-9,14,19-24H2,1H3. The molecule has 0 atom stereocenters. The Morgan fingerprint density at radius 2 is 1.50 bits per heavy atom. The quantitative estimate of drug-likeness (QED) is 0.192. The van der Waals surface area contributed by atoms with Gasteiger partial charge in [-0.05, 0) is 37.5 Å². The Labute approximate surface area is 229 Å². The fraction of sp³-hybridized carbons (Fsp3) is 0.323. The molecule has 1 amide bonds. The van der Waals surface area contributed by atoms with E-state index in [2.05, 4.69) is 93.3 Å². The summed E-state index contributed by atoms with van der Waals surface area (Å²) in [5, 5.41) is 9.95. The third-order valence-electron chi connectivity index (χ3n) is 6.95. The van der Waals surface area contributed by atoms with Crippen LogP contribution in [0.3, 0.4) is 0 Å². The predicted molar refractivity (Wildman–Crippen MR) is 154 cm³/mol. The zero-order valence-corrected chi connectivity index (χ0v) is 22.8. The van der Waals surface area contributed by atoms with Gasteiger partial charge in [0.15, 0.2) is 11.0 Å². The topological polar surface area (TPSA) is 54.3 Å². The lowest BCUT2D eigenvalue weighted by molar-refractivity contribution is -0.133. The van der Waals surface area contributed by atoms with Crippen LogP contribution in [0, 0.1) is 6.92 Å². The number of aryl methyl sites for hydroxylation is 1. The average molecular weight is 526 g/mol. The van der Waals surface area contributed by atoms with E-state index in [0.29, 0.717) is 6.42 Å². The zero-order valence-electron chi connectivity index (χ0n) is 22.0. The number of rotatable bonds is 10. The van der Waals surface area contributed by atoms with Gasteiger partial charge in [0, 0.05) is 56.1 Å². The molecule has 0 N–H and O–H groups in total. The second-order valence-electron chi connectivity index (χ2n) is 9.79. The molecular formula is C31H35N5OS. The van der Waals surface area contributed by atoms with Crippen LogP contribution in [0.15, 0.2) is 90.1 Å². The number of benzene rings is 3. The number of carbonyl (C=O) groups excluding carboxylic acids is 1. The molecule has 0 aliphatic carbocycles. The summed E-state index contributed by atoms with van der Waals surface area (Å²) in [6.07, 6.45) is 2.46. The highest BCUT2D eigenvalue weighted by molar-refractivity contribution is 7.99. The van der Waals surface area contributed by atoms with E-state index in [4.69, 9.17) is 0 Å². The largest absolute Gasteiger partial charge is 0.340 e. The molecule has 0 radical (unpaired) electrons. The van der Waals surface area contributed by atoms with Gasteiger partial charge in [0.2, 0.25) is 5.91 Å². The number of thioether (sulfide) groups is 1. The Bertz CT molecular complexity index is 1300. The first-order valence-electron chi connectivity index (χ1n) is 13.4. The fourth-order valence-electron chi connectivity index (χ4n) is 4.76. The minimum atomic E-state index is 0.281. The number of piperazine rings is 1. The van der Waals surface area contributed by atoms with Gasteiger partial charge in [-0.3, -0.25) is 14.3 Å². The minimum Gasteiger partial charge on any atom is -0.340 e. The van der Waals surface area contributed by atoms with Crippen molar-refractivity contribution < 1.29 is 4.79 Å². The summed E-state index contributed by atoms with van der Waals surface area (Å²) in [5.74, 6) is 2.03. The molecule has 38 heavy (non-hydrogen) atoms. The molecule has 0 unspecified atom stereocenters. The molecule has 1 saturated heterocycles. The summed E-state index contributed by atoms with van der Waals surface area (Å²) in [7, 11) is 0. The van der Waals surface area contributed by atoms with Gasteiger partial charge in [0.25, 0.3) is 0 Å². The molecule has 1 aliphatic heterocycles. The molecule has 0 saturated carbocycles. The number of nitrogens with zero attached hydrogens (tertiary/aromatic N) is 5. The second-order valence-corrected chi connectivity index (χ2v) is 10.9. The second kappa shape index (κ2) is 12.9. The number of carbonyl (C=O) groups is 1. The van der Waals surface area contributed by atoms with E-state index in [0.717, 1.165) is 73.5 Å². The van der Waals surface area contributed by atoms with Crippen molar-refractivity contribution in [1.29, 1.82) is 0 Å². The van der Waals surface area contributed by atoms with Gasteiger partial charge in [0.05, 0.1) is 0 Å². The Morgan fingerprint density at radius 3 is 2.21 bits per heavy atom. The van der Waals surface area contributed by atoms with Crippen LogP contribution in [0.2, 0.25) is 0 Å². The average Bonchev–Trinajstić information content (AvgIpc) is 3.38. The summed E-state index contributed by atoms with van der Waals surface area (Å²) < 4.78 is 2.14. The number of hydrogen-bond donors (Lipinski definition) is 0. The highest BCUT2D eigenvalue weighted by Crippen LogP contribution is 2.28. The van der Waals surface area contributed by atoms with Crippen LogP contribution in [0.5, 0.6) is 0 Å². The van der Waals surface area contributed by atoms with E-state index in [-0.39, 0.29) is 5.91 Å². The maximum Gasteiger partial charge on any atom is 0.222 e. The monoisotopic (exact) mass is 525 g/mol. The summed E-state index contributed by atoms with van der Waals surface area (Å²) in [6.45, 7) is 6.57. The normalized spacial score (nSPS) is 14.1. The minimum absolute atomic E-state index is 0.281. The molecule has 5 rings (SSSR count). The van der Waals surface area contributed by atoms with Crippen molar-refractivity contribution in [3.8, 4) is 17.1 Å². The highest BCUT2D eigenvalue weighted by atomic mass is 32.2. The first-order valence-corrected chi connectivity index (χ1v) is 14.4.